The molecule has 56 valence electrons. The monoisotopic (exact) mass is 141 g/mol. The number of rotatable bonds is 1. The van der Waals surface area contributed by atoms with Crippen molar-refractivity contribution in [2.24, 2.45) is 5.10 Å². The number of carbonyl (C=O) groups excluding carboxylic acids is 1. The molecule has 1 heterocycles. The maximum Gasteiger partial charge on any atom is 0.258 e. The van der Waals surface area contributed by atoms with Crippen LogP contribution in [0.25, 0.3) is 0 Å². The van der Waals surface area contributed by atoms with E-state index in [2.05, 4.69) is 17.0 Å². The van der Waals surface area contributed by atoms with Crippen LogP contribution in [0.5, 0.6) is 0 Å². The Morgan fingerprint density at radius 2 is 1.90 bits per heavy atom. The number of hydrogen-bond donors (Lipinski definition) is 0. The van der Waals surface area contributed by atoms with Crippen molar-refractivity contribution in [3.05, 3.63) is 0 Å². The molecule has 10 heavy (non-hydrogen) atoms. The Bertz CT molecular complexity index is 145. The van der Waals surface area contributed by atoms with Gasteiger partial charge in [-0.2, -0.15) is 0 Å². The third-order valence-corrected chi connectivity index (χ3v) is 1.66. The fourth-order valence-corrected chi connectivity index (χ4v) is 0.954. The lowest BCUT2D eigenvalue weighted by Gasteiger charge is -2.28. The average molecular weight is 141 g/mol. The first-order valence-electron chi connectivity index (χ1n) is 3.34. The maximum atomic E-state index is 9.81. The van der Waals surface area contributed by atoms with Crippen molar-refractivity contribution in [2.45, 2.75) is 0 Å². The van der Waals surface area contributed by atoms with Crippen LogP contribution in [0.4, 0.5) is 0 Å². The summed E-state index contributed by atoms with van der Waals surface area (Å²) in [6.07, 6.45) is 1.53. The van der Waals surface area contributed by atoms with E-state index >= 15 is 0 Å². The summed E-state index contributed by atoms with van der Waals surface area (Å²) in [4.78, 5) is 12.0. The van der Waals surface area contributed by atoms with E-state index < -0.39 is 0 Å². The minimum absolute atomic E-state index is 0.839. The molecule has 4 heteroatoms. The van der Waals surface area contributed by atoms with Crippen LogP contribution in [0, 0.1) is 0 Å². The summed E-state index contributed by atoms with van der Waals surface area (Å²) in [5.41, 5.74) is 0. The third kappa shape index (κ3) is 1.83. The molecule has 0 radical (unpaired) electrons. The molecule has 4 nitrogen and oxygen atoms in total. The fraction of sp³-hybridized carbons (Fsp3) is 0.833. The van der Waals surface area contributed by atoms with Gasteiger partial charge in [0.15, 0.2) is 0 Å². The summed E-state index contributed by atoms with van der Waals surface area (Å²) < 4.78 is 0. The summed E-state index contributed by atoms with van der Waals surface area (Å²) in [5, 5.41) is 5.26. The van der Waals surface area contributed by atoms with E-state index in [1.54, 1.807) is 5.01 Å². The predicted octanol–water partition coefficient (Wildman–Crippen LogP) is -0.515. The van der Waals surface area contributed by atoms with Crippen LogP contribution < -0.4 is 0 Å². The van der Waals surface area contributed by atoms with Gasteiger partial charge in [0.05, 0.1) is 0 Å². The number of isocyanates is 1. The first-order chi connectivity index (χ1) is 4.83. The highest BCUT2D eigenvalue weighted by atomic mass is 16.1. The topological polar surface area (TPSA) is 35.9 Å². The molecule has 0 aromatic rings. The van der Waals surface area contributed by atoms with Crippen molar-refractivity contribution in [1.82, 2.24) is 9.91 Å². The Hall–Kier alpha value is -0.860. The fourth-order valence-electron chi connectivity index (χ4n) is 0.954. The van der Waals surface area contributed by atoms with Crippen LogP contribution in [0.3, 0.4) is 0 Å². The van der Waals surface area contributed by atoms with Crippen molar-refractivity contribution in [3.8, 4) is 0 Å². The highest BCUT2D eigenvalue weighted by molar-refractivity contribution is 5.32. The maximum absolute atomic E-state index is 9.81. The Balaban J connectivity index is 2.32. The van der Waals surface area contributed by atoms with Gasteiger partial charge in [0.2, 0.25) is 0 Å². The number of piperazine rings is 1. The highest BCUT2D eigenvalue weighted by Crippen LogP contribution is 1.97. The van der Waals surface area contributed by atoms with E-state index in [-0.39, 0.29) is 0 Å². The smallest absolute Gasteiger partial charge is 0.258 e. The first kappa shape index (κ1) is 7.25. The predicted molar refractivity (Wildman–Crippen MR) is 37.2 cm³/mol. The van der Waals surface area contributed by atoms with Crippen molar-refractivity contribution >= 4 is 6.08 Å². The molecule has 0 N–H and O–H groups in total. The van der Waals surface area contributed by atoms with Crippen LogP contribution in [0.15, 0.2) is 5.10 Å². The summed E-state index contributed by atoms with van der Waals surface area (Å²) in [6, 6.07) is 0. The zero-order chi connectivity index (χ0) is 7.40. The molecule has 0 amide bonds. The molecule has 1 saturated heterocycles. The van der Waals surface area contributed by atoms with Crippen molar-refractivity contribution < 1.29 is 4.79 Å². The largest absolute Gasteiger partial charge is 0.303 e. The van der Waals surface area contributed by atoms with Gasteiger partial charge in [-0.1, -0.05) is 5.10 Å². The van der Waals surface area contributed by atoms with Gasteiger partial charge in [-0.15, -0.1) is 0 Å². The van der Waals surface area contributed by atoms with Gasteiger partial charge in [-0.3, -0.25) is 5.01 Å². The molecule has 0 aliphatic carbocycles. The minimum atomic E-state index is 0.839. The molecule has 0 atom stereocenters. The van der Waals surface area contributed by atoms with Crippen LogP contribution >= 0.6 is 0 Å². The lowest BCUT2D eigenvalue weighted by molar-refractivity contribution is 0.158. The number of nitrogens with zero attached hydrogens (tertiary/aromatic N) is 3. The molecule has 0 bridgehead atoms. The van der Waals surface area contributed by atoms with Gasteiger partial charge < -0.3 is 4.90 Å². The van der Waals surface area contributed by atoms with Gasteiger partial charge >= 0.3 is 0 Å². The van der Waals surface area contributed by atoms with E-state index in [0.29, 0.717) is 0 Å². The molecule has 0 aromatic carbocycles. The molecule has 0 spiro atoms. The van der Waals surface area contributed by atoms with Crippen molar-refractivity contribution in [3.63, 3.8) is 0 Å². The lowest BCUT2D eigenvalue weighted by Crippen LogP contribution is -2.41. The molecular weight excluding hydrogens is 130 g/mol. The Morgan fingerprint density at radius 1 is 1.30 bits per heavy atom. The molecule has 0 unspecified atom stereocenters. The summed E-state index contributed by atoms with van der Waals surface area (Å²) in [7, 11) is 2.06. The van der Waals surface area contributed by atoms with E-state index in [1.165, 1.54) is 6.08 Å². The van der Waals surface area contributed by atoms with Crippen LogP contribution in [-0.2, 0) is 4.79 Å². The quantitative estimate of drug-likeness (QED) is 0.364. The van der Waals surface area contributed by atoms with Crippen LogP contribution in [0.2, 0.25) is 0 Å². The van der Waals surface area contributed by atoms with Crippen molar-refractivity contribution in [2.75, 3.05) is 33.2 Å². The standard InChI is InChI=1S/C6H11N3O/c1-8-2-4-9(5-3-8)7-6-10/h2-5H2,1H3. The number of hydrazone groups is 1. The zero-order valence-corrected chi connectivity index (χ0v) is 6.08. The van der Waals surface area contributed by atoms with Crippen LogP contribution in [-0.4, -0.2) is 49.2 Å². The Kier molecular flexibility index (Phi) is 2.42. The SMILES string of the molecule is CN1CCN(N=C=O)CC1. The normalized spacial score (nSPS) is 20.3. The third-order valence-electron chi connectivity index (χ3n) is 1.66. The second-order valence-corrected chi connectivity index (χ2v) is 2.45. The summed E-state index contributed by atoms with van der Waals surface area (Å²) in [5.74, 6) is 0. The number of likely N-dealkylation sites (N-methyl/N-ethyl adjacent to an activating group) is 1. The molecule has 1 aliphatic heterocycles. The molecule has 1 rings (SSSR count). The first-order valence-corrected chi connectivity index (χ1v) is 3.34. The second-order valence-electron chi connectivity index (χ2n) is 2.45. The van der Waals surface area contributed by atoms with E-state index in [9.17, 15) is 4.79 Å². The van der Waals surface area contributed by atoms with Gasteiger partial charge in [0.25, 0.3) is 6.08 Å². The molecular formula is C6H11N3O. The van der Waals surface area contributed by atoms with E-state index in [4.69, 9.17) is 0 Å². The zero-order valence-electron chi connectivity index (χ0n) is 6.08. The number of hydrogen-bond acceptors (Lipinski definition) is 4. The Morgan fingerprint density at radius 3 is 2.40 bits per heavy atom. The van der Waals surface area contributed by atoms with E-state index in [1.807, 2.05) is 0 Å². The van der Waals surface area contributed by atoms with Gasteiger partial charge in [0, 0.05) is 26.2 Å². The lowest BCUT2D eigenvalue weighted by atomic mass is 10.4. The van der Waals surface area contributed by atoms with Gasteiger partial charge in [-0.25, -0.2) is 4.79 Å². The van der Waals surface area contributed by atoms with Crippen LogP contribution in [0.1, 0.15) is 0 Å². The highest BCUT2D eigenvalue weighted by Gasteiger charge is 2.10. The molecule has 1 aliphatic rings. The summed E-state index contributed by atoms with van der Waals surface area (Å²) >= 11 is 0. The average Bonchev–Trinajstić information content (AvgIpc) is 1.95. The summed E-state index contributed by atoms with van der Waals surface area (Å²) in [6.45, 7) is 3.63. The molecule has 0 aromatic heterocycles. The van der Waals surface area contributed by atoms with E-state index in [0.717, 1.165) is 26.2 Å². The molecule has 0 saturated carbocycles. The Labute approximate surface area is 60.1 Å². The van der Waals surface area contributed by atoms with Gasteiger partial charge in [0.1, 0.15) is 0 Å². The minimum Gasteiger partial charge on any atom is -0.303 e. The molecule has 1 fully saturated rings. The second kappa shape index (κ2) is 3.34. The van der Waals surface area contributed by atoms with Crippen molar-refractivity contribution in [1.29, 1.82) is 0 Å². The van der Waals surface area contributed by atoms with Gasteiger partial charge in [-0.05, 0) is 7.05 Å².